The largest absolute Gasteiger partial charge is 0.469 e. The van der Waals surface area contributed by atoms with Gasteiger partial charge in [0.1, 0.15) is 0 Å². The van der Waals surface area contributed by atoms with E-state index >= 15 is 0 Å². The molecule has 0 aromatic rings. The lowest BCUT2D eigenvalue weighted by Gasteiger charge is -1.86. The van der Waals surface area contributed by atoms with Crippen LogP contribution in [0.15, 0.2) is 0 Å². The molecule has 0 saturated heterocycles. The average Bonchev–Trinajstić information content (AvgIpc) is 2.04. The second kappa shape index (κ2) is 8.38. The summed E-state index contributed by atoms with van der Waals surface area (Å²) < 4.78 is 7.86. The highest BCUT2D eigenvalue weighted by Gasteiger charge is 2.00. The summed E-state index contributed by atoms with van der Waals surface area (Å²) in [5.74, 6) is -2.18. The maximum absolute atomic E-state index is 9.81. The molecule has 0 spiro atoms. The first-order valence-corrected chi connectivity index (χ1v) is 3.16. The van der Waals surface area contributed by atoms with Gasteiger partial charge in [0.05, 0.1) is 7.11 Å². The van der Waals surface area contributed by atoms with E-state index < -0.39 is 11.9 Å². The number of aldehydes is 1. The molecule has 0 aromatic carbocycles. The highest BCUT2D eigenvalue weighted by Crippen LogP contribution is 1.72. The molecule has 0 unspecified atom stereocenters. The van der Waals surface area contributed by atoms with Gasteiger partial charge in [-0.1, -0.05) is 0 Å². The van der Waals surface area contributed by atoms with E-state index in [-0.39, 0.29) is 12.3 Å². The molecule has 74 valence electrons. The van der Waals surface area contributed by atoms with Gasteiger partial charge in [-0.15, -0.1) is 0 Å². The summed E-state index contributed by atoms with van der Waals surface area (Å²) in [6.45, 7) is 2.40. The summed E-state index contributed by atoms with van der Waals surface area (Å²) in [6.07, 6.45) is -0.0681. The summed E-state index contributed by atoms with van der Waals surface area (Å²) in [5, 5.41) is 0. The number of methoxy groups -OCH3 is 1. The van der Waals surface area contributed by atoms with Crippen molar-refractivity contribution in [3.05, 3.63) is 0 Å². The number of rotatable bonds is 1. The van der Waals surface area contributed by atoms with Crippen LogP contribution < -0.4 is 0 Å². The van der Waals surface area contributed by atoms with Crippen LogP contribution in [0.2, 0.25) is 0 Å². The van der Waals surface area contributed by atoms with E-state index in [1.807, 2.05) is 0 Å². The number of ether oxygens (including phenoxy) is 2. The predicted octanol–water partition coefficient (Wildman–Crippen LogP) is -0.546. The number of carbonyl (C=O) groups excluding carboxylic acids is 4. The first kappa shape index (κ1) is 13.8. The number of esters is 3. The van der Waals surface area contributed by atoms with Gasteiger partial charge >= 0.3 is 17.9 Å². The fourth-order valence-corrected chi connectivity index (χ4v) is 0.166. The summed E-state index contributed by atoms with van der Waals surface area (Å²) in [4.78, 5) is 38.6. The van der Waals surface area contributed by atoms with Crippen molar-refractivity contribution in [3.8, 4) is 0 Å². The second-order valence-corrected chi connectivity index (χ2v) is 1.73. The van der Waals surface area contributed by atoms with Crippen molar-refractivity contribution in [2.24, 2.45) is 0 Å². The monoisotopic (exact) mass is 190 g/mol. The molecule has 0 aliphatic rings. The lowest BCUT2D eigenvalue weighted by Crippen LogP contribution is -2.08. The van der Waals surface area contributed by atoms with E-state index in [2.05, 4.69) is 9.47 Å². The van der Waals surface area contributed by atoms with Crippen LogP contribution in [0.25, 0.3) is 0 Å². The van der Waals surface area contributed by atoms with E-state index in [4.69, 9.17) is 0 Å². The molecular formula is C7H10O6. The smallest absolute Gasteiger partial charge is 0.378 e. The van der Waals surface area contributed by atoms with Crippen LogP contribution in [0.1, 0.15) is 13.8 Å². The Kier molecular flexibility index (Phi) is 8.92. The molecule has 0 rings (SSSR count). The van der Waals surface area contributed by atoms with Crippen molar-refractivity contribution in [2.75, 3.05) is 7.11 Å². The first-order valence-electron chi connectivity index (χ1n) is 3.16. The molecule has 0 aliphatic carbocycles. The molecule has 0 saturated carbocycles. The van der Waals surface area contributed by atoms with Crippen LogP contribution in [0.3, 0.4) is 0 Å². The minimum Gasteiger partial charge on any atom is -0.469 e. The van der Waals surface area contributed by atoms with Gasteiger partial charge in [-0.05, 0) is 0 Å². The third-order valence-corrected chi connectivity index (χ3v) is 0.628. The van der Waals surface area contributed by atoms with Crippen molar-refractivity contribution in [1.29, 1.82) is 0 Å². The number of hydrogen-bond acceptors (Lipinski definition) is 6. The Morgan fingerprint density at radius 3 is 1.54 bits per heavy atom. The highest BCUT2D eigenvalue weighted by atomic mass is 16.6. The Morgan fingerprint density at radius 2 is 1.46 bits per heavy atom. The van der Waals surface area contributed by atoms with E-state index in [0.29, 0.717) is 0 Å². The quantitative estimate of drug-likeness (QED) is 0.239. The van der Waals surface area contributed by atoms with Crippen molar-refractivity contribution in [2.45, 2.75) is 13.8 Å². The zero-order valence-electron chi connectivity index (χ0n) is 7.53. The van der Waals surface area contributed by atoms with Gasteiger partial charge < -0.3 is 9.47 Å². The van der Waals surface area contributed by atoms with E-state index in [1.54, 1.807) is 0 Å². The Labute approximate surface area is 74.8 Å². The molecule has 0 bridgehead atoms. The predicted molar refractivity (Wildman–Crippen MR) is 40.5 cm³/mol. The highest BCUT2D eigenvalue weighted by molar-refractivity contribution is 6.22. The molecule has 0 heterocycles. The van der Waals surface area contributed by atoms with Gasteiger partial charge in [-0.25, -0.2) is 4.79 Å². The van der Waals surface area contributed by atoms with Gasteiger partial charge in [0.2, 0.25) is 6.29 Å². The molecule has 0 amide bonds. The average molecular weight is 190 g/mol. The second-order valence-electron chi connectivity index (χ2n) is 1.73. The van der Waals surface area contributed by atoms with E-state index in [9.17, 15) is 19.2 Å². The summed E-state index contributed by atoms with van der Waals surface area (Å²) in [5.41, 5.74) is 0. The van der Waals surface area contributed by atoms with Gasteiger partial charge in [-0.2, -0.15) is 0 Å². The standard InChI is InChI=1S/C4H4O4.C3H6O2/c1-3(6)8-4(7)2-5;1-3(4)5-2/h2H,1H3;1-2H3. The van der Waals surface area contributed by atoms with Crippen LogP contribution >= 0.6 is 0 Å². The molecule has 13 heavy (non-hydrogen) atoms. The maximum Gasteiger partial charge on any atom is 0.378 e. The van der Waals surface area contributed by atoms with E-state index in [0.717, 1.165) is 6.92 Å². The lowest BCUT2D eigenvalue weighted by molar-refractivity contribution is -0.159. The summed E-state index contributed by atoms with van der Waals surface area (Å²) >= 11 is 0. The topological polar surface area (TPSA) is 86.7 Å². The molecular weight excluding hydrogens is 180 g/mol. The zero-order chi connectivity index (χ0) is 10.9. The van der Waals surface area contributed by atoms with Crippen LogP contribution in [0, 0.1) is 0 Å². The zero-order valence-corrected chi connectivity index (χ0v) is 7.53. The molecule has 0 N–H and O–H groups in total. The normalized spacial score (nSPS) is 7.31. The first-order chi connectivity index (χ1) is 5.93. The van der Waals surface area contributed by atoms with Gasteiger partial charge in [-0.3, -0.25) is 14.4 Å². The lowest BCUT2D eigenvalue weighted by atomic mass is 10.7. The van der Waals surface area contributed by atoms with Gasteiger partial charge in [0.25, 0.3) is 0 Å². The minimum absolute atomic E-state index is 0.0681. The van der Waals surface area contributed by atoms with Crippen LogP contribution in [0.5, 0.6) is 0 Å². The summed E-state index contributed by atoms with van der Waals surface area (Å²) in [6, 6.07) is 0. The van der Waals surface area contributed by atoms with Crippen molar-refractivity contribution >= 4 is 24.2 Å². The molecule has 0 aromatic heterocycles. The number of carbonyl (C=O) groups is 4. The van der Waals surface area contributed by atoms with Crippen molar-refractivity contribution in [3.63, 3.8) is 0 Å². The van der Waals surface area contributed by atoms with Crippen LogP contribution in [-0.4, -0.2) is 31.3 Å². The fourth-order valence-electron chi connectivity index (χ4n) is 0.166. The maximum atomic E-state index is 9.81. The Hall–Kier alpha value is -1.72. The van der Waals surface area contributed by atoms with Crippen molar-refractivity contribution in [1.82, 2.24) is 0 Å². The SMILES string of the molecule is CC(=O)OC(=O)C=O.COC(C)=O. The minimum atomic E-state index is -1.16. The van der Waals surface area contributed by atoms with Crippen molar-refractivity contribution < 1.29 is 28.7 Å². The molecule has 6 heteroatoms. The molecule has 0 fully saturated rings. The Bertz CT molecular complexity index is 207. The van der Waals surface area contributed by atoms with Crippen LogP contribution in [-0.2, 0) is 28.7 Å². The fraction of sp³-hybridized carbons (Fsp3) is 0.429. The van der Waals surface area contributed by atoms with E-state index in [1.165, 1.54) is 14.0 Å². The van der Waals surface area contributed by atoms with Gasteiger partial charge in [0.15, 0.2) is 0 Å². The third-order valence-electron chi connectivity index (χ3n) is 0.628. The number of hydrogen-bond donors (Lipinski definition) is 0. The molecule has 0 aliphatic heterocycles. The van der Waals surface area contributed by atoms with Crippen LogP contribution in [0.4, 0.5) is 0 Å². The molecule has 0 radical (unpaired) electrons. The summed E-state index contributed by atoms with van der Waals surface area (Å²) in [7, 11) is 1.35. The molecule has 6 nitrogen and oxygen atoms in total. The Morgan fingerprint density at radius 1 is 1.08 bits per heavy atom. The third kappa shape index (κ3) is 17.9. The molecule has 0 atom stereocenters. The Balaban J connectivity index is 0. The van der Waals surface area contributed by atoms with Gasteiger partial charge in [0, 0.05) is 13.8 Å².